The van der Waals surface area contributed by atoms with E-state index in [-0.39, 0.29) is 18.4 Å². The summed E-state index contributed by atoms with van der Waals surface area (Å²) in [6, 6.07) is 8.89. The number of amides is 1. The predicted molar refractivity (Wildman–Crippen MR) is 88.5 cm³/mol. The monoisotopic (exact) mass is 315 g/mol. The summed E-state index contributed by atoms with van der Waals surface area (Å²) in [6.45, 7) is 1.91. The summed E-state index contributed by atoms with van der Waals surface area (Å²) < 4.78 is 10.5. The number of carbonyl (C=O) groups is 1. The van der Waals surface area contributed by atoms with E-state index in [1.54, 1.807) is 32.5 Å². The Labute approximate surface area is 135 Å². The Balaban J connectivity index is 2.01. The molecule has 0 aliphatic carbocycles. The molecule has 23 heavy (non-hydrogen) atoms. The van der Waals surface area contributed by atoms with Gasteiger partial charge in [-0.1, -0.05) is 6.07 Å². The fraction of sp³-hybridized carbons (Fsp3) is 0.294. The molecule has 6 heteroatoms. The summed E-state index contributed by atoms with van der Waals surface area (Å²) in [7, 11) is 3.17. The van der Waals surface area contributed by atoms with Gasteiger partial charge in [-0.05, 0) is 36.8 Å². The van der Waals surface area contributed by atoms with Gasteiger partial charge in [-0.2, -0.15) is 0 Å². The first kappa shape index (κ1) is 16.6. The van der Waals surface area contributed by atoms with Crippen LogP contribution in [-0.4, -0.2) is 25.1 Å². The second kappa shape index (κ2) is 7.49. The second-order valence-electron chi connectivity index (χ2n) is 5.16. The number of methoxy groups -OCH3 is 2. The highest BCUT2D eigenvalue weighted by Crippen LogP contribution is 2.29. The maximum atomic E-state index is 12.1. The normalized spacial score (nSPS) is 11.6. The number of nitrogens with one attached hydrogen (secondary N) is 1. The highest BCUT2D eigenvalue weighted by Gasteiger charge is 2.13. The summed E-state index contributed by atoms with van der Waals surface area (Å²) in [6.07, 6.45) is 1.75. The van der Waals surface area contributed by atoms with Crippen LogP contribution in [0.25, 0.3) is 0 Å². The summed E-state index contributed by atoms with van der Waals surface area (Å²) in [5.74, 6) is 1.18. The van der Waals surface area contributed by atoms with E-state index in [4.69, 9.17) is 15.2 Å². The predicted octanol–water partition coefficient (Wildman–Crippen LogP) is 2.10. The van der Waals surface area contributed by atoms with Crippen LogP contribution >= 0.6 is 0 Å². The number of carbonyl (C=O) groups excluding carboxylic acids is 1. The molecule has 122 valence electrons. The van der Waals surface area contributed by atoms with Crippen molar-refractivity contribution in [3.63, 3.8) is 0 Å². The van der Waals surface area contributed by atoms with Gasteiger partial charge < -0.3 is 20.5 Å². The molecule has 1 heterocycles. The Morgan fingerprint density at radius 1 is 1.22 bits per heavy atom. The lowest BCUT2D eigenvalue weighted by atomic mass is 10.1. The van der Waals surface area contributed by atoms with Crippen molar-refractivity contribution < 1.29 is 14.3 Å². The van der Waals surface area contributed by atoms with Gasteiger partial charge in [-0.25, -0.2) is 0 Å². The number of nitrogens with two attached hydrogens (primary N) is 1. The van der Waals surface area contributed by atoms with E-state index in [0.717, 1.165) is 5.56 Å². The van der Waals surface area contributed by atoms with Gasteiger partial charge in [0.2, 0.25) is 5.91 Å². The van der Waals surface area contributed by atoms with Crippen LogP contribution in [0.15, 0.2) is 36.5 Å². The quantitative estimate of drug-likeness (QED) is 0.852. The summed E-state index contributed by atoms with van der Waals surface area (Å²) in [4.78, 5) is 16.2. The molecule has 0 fully saturated rings. The van der Waals surface area contributed by atoms with E-state index in [1.165, 1.54) is 0 Å². The Morgan fingerprint density at radius 3 is 2.57 bits per heavy atom. The first-order valence-corrected chi connectivity index (χ1v) is 7.25. The van der Waals surface area contributed by atoms with Gasteiger partial charge in [0.15, 0.2) is 11.5 Å². The minimum atomic E-state index is -0.156. The highest BCUT2D eigenvalue weighted by molar-refractivity contribution is 5.78. The van der Waals surface area contributed by atoms with Gasteiger partial charge in [0.25, 0.3) is 0 Å². The third-order valence-electron chi connectivity index (χ3n) is 3.47. The topological polar surface area (TPSA) is 86.5 Å². The molecule has 0 spiro atoms. The van der Waals surface area contributed by atoms with Crippen LogP contribution in [0.2, 0.25) is 0 Å². The molecule has 6 nitrogen and oxygen atoms in total. The van der Waals surface area contributed by atoms with Gasteiger partial charge in [0.05, 0.1) is 38.6 Å². The molecule has 0 saturated carbocycles. The lowest BCUT2D eigenvalue weighted by Crippen LogP contribution is -2.28. The summed E-state index contributed by atoms with van der Waals surface area (Å²) >= 11 is 0. The van der Waals surface area contributed by atoms with Crippen LogP contribution in [0, 0.1) is 0 Å². The van der Waals surface area contributed by atoms with Crippen LogP contribution in [-0.2, 0) is 11.2 Å². The molecule has 3 N–H and O–H groups in total. The lowest BCUT2D eigenvalue weighted by molar-refractivity contribution is -0.121. The van der Waals surface area contributed by atoms with Gasteiger partial charge >= 0.3 is 0 Å². The summed E-state index contributed by atoms with van der Waals surface area (Å²) in [5.41, 5.74) is 7.77. The third-order valence-corrected chi connectivity index (χ3v) is 3.47. The Bertz CT molecular complexity index is 671. The van der Waals surface area contributed by atoms with E-state index in [0.29, 0.717) is 22.9 Å². The van der Waals surface area contributed by atoms with Crippen LogP contribution in [0.3, 0.4) is 0 Å². The first-order valence-electron chi connectivity index (χ1n) is 7.25. The number of pyridine rings is 1. The Morgan fingerprint density at radius 2 is 1.96 bits per heavy atom. The Hall–Kier alpha value is -2.76. The number of hydrogen-bond acceptors (Lipinski definition) is 5. The number of nitrogen functional groups attached to an aromatic ring is 1. The average Bonchev–Trinajstić information content (AvgIpc) is 2.56. The molecule has 1 unspecified atom stereocenters. The standard InChI is InChI=1S/C17H21N3O3/c1-11(12-4-7-15(22-2)16(8-12)23-3)20-17(21)9-14-6-5-13(18)10-19-14/h4-8,10-11H,9,18H2,1-3H3,(H,20,21). The van der Waals surface area contributed by atoms with Crippen LogP contribution in [0.1, 0.15) is 24.2 Å². The fourth-order valence-corrected chi connectivity index (χ4v) is 2.20. The van der Waals surface area contributed by atoms with Crippen molar-refractivity contribution in [2.24, 2.45) is 0 Å². The lowest BCUT2D eigenvalue weighted by Gasteiger charge is -2.16. The number of benzene rings is 1. The number of ether oxygens (including phenoxy) is 2. The SMILES string of the molecule is COc1ccc(C(C)NC(=O)Cc2ccc(N)cn2)cc1OC. The molecule has 1 aromatic heterocycles. The van der Waals surface area contributed by atoms with Crippen molar-refractivity contribution in [2.45, 2.75) is 19.4 Å². The van der Waals surface area contributed by atoms with Gasteiger partial charge in [-0.15, -0.1) is 0 Å². The smallest absolute Gasteiger partial charge is 0.226 e. The van der Waals surface area contributed by atoms with Crippen molar-refractivity contribution in [2.75, 3.05) is 20.0 Å². The first-order chi connectivity index (χ1) is 11.0. The molecule has 1 amide bonds. The second-order valence-corrected chi connectivity index (χ2v) is 5.16. The molecule has 0 bridgehead atoms. The minimum Gasteiger partial charge on any atom is -0.493 e. The molecule has 2 rings (SSSR count). The fourth-order valence-electron chi connectivity index (χ4n) is 2.20. The van der Waals surface area contributed by atoms with E-state index < -0.39 is 0 Å². The zero-order valence-corrected chi connectivity index (χ0v) is 13.5. The zero-order chi connectivity index (χ0) is 16.8. The average molecular weight is 315 g/mol. The molecule has 0 aliphatic heterocycles. The Kier molecular flexibility index (Phi) is 5.41. The number of aromatic nitrogens is 1. The van der Waals surface area contributed by atoms with E-state index in [1.807, 2.05) is 25.1 Å². The molecule has 0 radical (unpaired) electrons. The molecule has 1 aromatic carbocycles. The van der Waals surface area contributed by atoms with Crippen LogP contribution in [0.5, 0.6) is 11.5 Å². The van der Waals surface area contributed by atoms with Crippen molar-refractivity contribution in [3.8, 4) is 11.5 Å². The molecule has 2 aromatic rings. The van der Waals surface area contributed by atoms with Crippen molar-refractivity contribution in [1.29, 1.82) is 0 Å². The number of anilines is 1. The molecular formula is C17H21N3O3. The van der Waals surface area contributed by atoms with Crippen molar-refractivity contribution in [1.82, 2.24) is 10.3 Å². The van der Waals surface area contributed by atoms with Gasteiger partial charge in [0, 0.05) is 5.69 Å². The van der Waals surface area contributed by atoms with Gasteiger partial charge in [0.1, 0.15) is 0 Å². The van der Waals surface area contributed by atoms with Crippen molar-refractivity contribution in [3.05, 3.63) is 47.8 Å². The molecule has 0 saturated heterocycles. The van der Waals surface area contributed by atoms with E-state index in [2.05, 4.69) is 10.3 Å². The molecule has 1 atom stereocenters. The summed E-state index contributed by atoms with van der Waals surface area (Å²) in [5, 5.41) is 2.94. The number of rotatable bonds is 6. The highest BCUT2D eigenvalue weighted by atomic mass is 16.5. The minimum absolute atomic E-state index is 0.107. The number of hydrogen-bond donors (Lipinski definition) is 2. The largest absolute Gasteiger partial charge is 0.493 e. The van der Waals surface area contributed by atoms with Crippen LogP contribution in [0.4, 0.5) is 5.69 Å². The maximum Gasteiger partial charge on any atom is 0.226 e. The van der Waals surface area contributed by atoms with E-state index in [9.17, 15) is 4.79 Å². The zero-order valence-electron chi connectivity index (χ0n) is 13.5. The number of nitrogens with zero attached hydrogens (tertiary/aromatic N) is 1. The molecular weight excluding hydrogens is 294 g/mol. The molecule has 0 aliphatic rings. The van der Waals surface area contributed by atoms with Crippen LogP contribution < -0.4 is 20.5 Å². The third kappa shape index (κ3) is 4.35. The van der Waals surface area contributed by atoms with E-state index >= 15 is 0 Å². The maximum absolute atomic E-state index is 12.1. The van der Waals surface area contributed by atoms with Gasteiger partial charge in [-0.3, -0.25) is 9.78 Å². The van der Waals surface area contributed by atoms with Crippen molar-refractivity contribution >= 4 is 11.6 Å².